The van der Waals surface area contributed by atoms with E-state index in [0.29, 0.717) is 11.0 Å². The Bertz CT molecular complexity index is 761. The van der Waals surface area contributed by atoms with E-state index < -0.39 is 0 Å². The lowest BCUT2D eigenvalue weighted by atomic mass is 9.77. The fourth-order valence-electron chi connectivity index (χ4n) is 3.78. The van der Waals surface area contributed by atoms with Crippen molar-refractivity contribution >= 4 is 16.9 Å². The molecule has 0 radical (unpaired) electrons. The number of pyridine rings is 1. The molecule has 114 valence electrons. The first-order chi connectivity index (χ1) is 10.6. The number of esters is 1. The van der Waals surface area contributed by atoms with E-state index in [1.165, 1.54) is 37.6 Å². The summed E-state index contributed by atoms with van der Waals surface area (Å²) in [5, 5.41) is 1.04. The molecule has 0 aliphatic heterocycles. The number of hydrogen-bond donors (Lipinski definition) is 0. The van der Waals surface area contributed by atoms with E-state index in [1.807, 2.05) is 12.1 Å². The monoisotopic (exact) mass is 295 g/mol. The van der Waals surface area contributed by atoms with Gasteiger partial charge < -0.3 is 4.74 Å². The lowest BCUT2D eigenvalue weighted by Crippen LogP contribution is -2.22. The summed E-state index contributed by atoms with van der Waals surface area (Å²) >= 11 is 0. The summed E-state index contributed by atoms with van der Waals surface area (Å²) in [5.41, 5.74) is 4.76. The quantitative estimate of drug-likeness (QED) is 0.788. The van der Waals surface area contributed by atoms with Crippen molar-refractivity contribution in [1.29, 1.82) is 0 Å². The molecule has 2 aliphatic carbocycles. The molecule has 0 spiro atoms. The van der Waals surface area contributed by atoms with Gasteiger partial charge in [0.05, 0.1) is 18.2 Å². The van der Waals surface area contributed by atoms with Crippen molar-refractivity contribution in [3.63, 3.8) is 0 Å². The standard InChI is InChI=1S/C19H21NO2/c1-19(7-8-19)15-4-6-17-14(11-15)10-13-9-12(18(21)22-2)3-5-16(13)20-17/h3,5,9-10,15H,4,6-8,11H2,1-2H3/t15-/m0/s1. The molecule has 0 saturated heterocycles. The zero-order valence-corrected chi connectivity index (χ0v) is 13.2. The van der Waals surface area contributed by atoms with E-state index in [0.717, 1.165) is 29.7 Å². The first-order valence-electron chi connectivity index (χ1n) is 8.10. The normalized spacial score (nSPS) is 22.2. The van der Waals surface area contributed by atoms with E-state index in [-0.39, 0.29) is 5.97 Å². The highest BCUT2D eigenvalue weighted by molar-refractivity contribution is 5.94. The third-order valence-electron chi connectivity index (χ3n) is 5.62. The summed E-state index contributed by atoms with van der Waals surface area (Å²) in [7, 11) is 1.42. The number of aromatic nitrogens is 1. The summed E-state index contributed by atoms with van der Waals surface area (Å²) in [6, 6.07) is 7.86. The molecular weight excluding hydrogens is 274 g/mol. The van der Waals surface area contributed by atoms with Crippen LogP contribution in [-0.2, 0) is 17.6 Å². The molecule has 2 aliphatic rings. The first kappa shape index (κ1) is 13.7. The van der Waals surface area contributed by atoms with Gasteiger partial charge in [-0.05, 0) is 73.3 Å². The van der Waals surface area contributed by atoms with Crippen LogP contribution < -0.4 is 0 Å². The molecule has 4 rings (SSSR count). The molecule has 1 atom stereocenters. The second-order valence-electron chi connectivity index (χ2n) is 7.09. The Hall–Kier alpha value is -1.90. The molecule has 3 nitrogen and oxygen atoms in total. The molecule has 0 unspecified atom stereocenters. The van der Waals surface area contributed by atoms with E-state index in [1.54, 1.807) is 6.07 Å². The largest absolute Gasteiger partial charge is 0.465 e. The fraction of sp³-hybridized carbons (Fsp3) is 0.474. The van der Waals surface area contributed by atoms with Crippen LogP contribution in [0.15, 0.2) is 24.3 Å². The minimum absolute atomic E-state index is 0.289. The summed E-state index contributed by atoms with van der Waals surface area (Å²) in [6.45, 7) is 2.42. The summed E-state index contributed by atoms with van der Waals surface area (Å²) in [4.78, 5) is 16.5. The van der Waals surface area contributed by atoms with Crippen LogP contribution in [0.2, 0.25) is 0 Å². The van der Waals surface area contributed by atoms with Gasteiger partial charge in [-0.2, -0.15) is 0 Å². The number of carbonyl (C=O) groups excluding carboxylic acids is 1. The molecule has 1 fully saturated rings. The average molecular weight is 295 g/mol. The molecule has 2 aromatic rings. The third-order valence-corrected chi connectivity index (χ3v) is 5.62. The Balaban J connectivity index is 1.73. The Kier molecular flexibility index (Phi) is 3.00. The second-order valence-corrected chi connectivity index (χ2v) is 7.09. The van der Waals surface area contributed by atoms with Gasteiger partial charge in [0.25, 0.3) is 0 Å². The molecule has 1 heterocycles. The highest BCUT2D eigenvalue weighted by atomic mass is 16.5. The minimum atomic E-state index is -0.289. The second kappa shape index (κ2) is 4.80. The zero-order valence-electron chi connectivity index (χ0n) is 13.2. The van der Waals surface area contributed by atoms with Crippen LogP contribution in [0.25, 0.3) is 10.9 Å². The number of hydrogen-bond acceptors (Lipinski definition) is 3. The minimum Gasteiger partial charge on any atom is -0.465 e. The number of nitrogens with zero attached hydrogens (tertiary/aromatic N) is 1. The van der Waals surface area contributed by atoms with Gasteiger partial charge >= 0.3 is 5.97 Å². The maximum absolute atomic E-state index is 11.7. The lowest BCUT2D eigenvalue weighted by molar-refractivity contribution is 0.0601. The van der Waals surface area contributed by atoms with Gasteiger partial charge in [0.15, 0.2) is 0 Å². The molecule has 0 bridgehead atoms. The third kappa shape index (κ3) is 2.20. The number of ether oxygens (including phenoxy) is 1. The molecule has 3 heteroatoms. The van der Waals surface area contributed by atoms with Crippen LogP contribution in [0.3, 0.4) is 0 Å². The zero-order chi connectivity index (χ0) is 15.3. The van der Waals surface area contributed by atoms with Gasteiger partial charge in [0.1, 0.15) is 0 Å². The summed E-state index contributed by atoms with van der Waals surface area (Å²) in [5.74, 6) is 0.506. The van der Waals surface area contributed by atoms with Crippen LogP contribution in [0.5, 0.6) is 0 Å². The molecule has 1 aromatic carbocycles. The predicted molar refractivity (Wildman–Crippen MR) is 85.9 cm³/mol. The van der Waals surface area contributed by atoms with Gasteiger partial charge in [0.2, 0.25) is 0 Å². The number of carbonyl (C=O) groups is 1. The van der Waals surface area contributed by atoms with E-state index >= 15 is 0 Å². The van der Waals surface area contributed by atoms with Gasteiger partial charge in [-0.15, -0.1) is 0 Å². The topological polar surface area (TPSA) is 39.2 Å². The summed E-state index contributed by atoms with van der Waals surface area (Å²) < 4.78 is 4.81. The number of aryl methyl sites for hydroxylation is 1. The van der Waals surface area contributed by atoms with Gasteiger partial charge in [-0.25, -0.2) is 4.79 Å². The Morgan fingerprint density at radius 3 is 2.86 bits per heavy atom. The number of fused-ring (bicyclic) bond motifs is 2. The van der Waals surface area contributed by atoms with Crippen LogP contribution >= 0.6 is 0 Å². The van der Waals surface area contributed by atoms with Crippen molar-refractivity contribution in [1.82, 2.24) is 4.98 Å². The molecule has 1 aromatic heterocycles. The van der Waals surface area contributed by atoms with Crippen LogP contribution in [0.1, 0.15) is 47.8 Å². The number of rotatable bonds is 2. The van der Waals surface area contributed by atoms with Crippen molar-refractivity contribution in [2.45, 2.75) is 39.0 Å². The van der Waals surface area contributed by atoms with Crippen LogP contribution in [0, 0.1) is 11.3 Å². The molecular formula is C19H21NO2. The van der Waals surface area contributed by atoms with Crippen LogP contribution in [0.4, 0.5) is 0 Å². The lowest BCUT2D eigenvalue weighted by Gasteiger charge is -2.29. The fourth-order valence-corrected chi connectivity index (χ4v) is 3.78. The highest BCUT2D eigenvalue weighted by Gasteiger charge is 2.45. The van der Waals surface area contributed by atoms with Crippen LogP contribution in [-0.4, -0.2) is 18.1 Å². The SMILES string of the molecule is COC(=O)c1ccc2nc3c(cc2c1)C[C@@H](C1(C)CC1)CC3. The van der Waals surface area contributed by atoms with Gasteiger partial charge in [-0.1, -0.05) is 6.92 Å². The van der Waals surface area contributed by atoms with Crippen molar-refractivity contribution in [2.75, 3.05) is 7.11 Å². The highest BCUT2D eigenvalue weighted by Crippen LogP contribution is 2.55. The van der Waals surface area contributed by atoms with Crippen molar-refractivity contribution in [3.05, 3.63) is 41.1 Å². The number of benzene rings is 1. The Morgan fingerprint density at radius 1 is 1.32 bits per heavy atom. The number of methoxy groups -OCH3 is 1. The first-order valence-corrected chi connectivity index (χ1v) is 8.10. The van der Waals surface area contributed by atoms with E-state index in [2.05, 4.69) is 13.0 Å². The molecule has 0 amide bonds. The predicted octanol–water partition coefficient (Wildman–Crippen LogP) is 3.93. The van der Waals surface area contributed by atoms with Crippen molar-refractivity contribution in [2.24, 2.45) is 11.3 Å². The molecule has 1 saturated carbocycles. The Labute approximate surface area is 130 Å². The average Bonchev–Trinajstić information content (AvgIpc) is 3.30. The maximum atomic E-state index is 11.7. The van der Waals surface area contributed by atoms with E-state index in [4.69, 9.17) is 9.72 Å². The summed E-state index contributed by atoms with van der Waals surface area (Å²) in [6.07, 6.45) is 6.24. The van der Waals surface area contributed by atoms with Gasteiger partial charge in [0, 0.05) is 11.1 Å². The van der Waals surface area contributed by atoms with Crippen molar-refractivity contribution < 1.29 is 9.53 Å². The van der Waals surface area contributed by atoms with Crippen molar-refractivity contribution in [3.8, 4) is 0 Å². The smallest absolute Gasteiger partial charge is 0.337 e. The van der Waals surface area contributed by atoms with E-state index in [9.17, 15) is 4.79 Å². The molecule has 0 N–H and O–H groups in total. The molecule has 22 heavy (non-hydrogen) atoms. The maximum Gasteiger partial charge on any atom is 0.337 e. The Morgan fingerprint density at radius 2 is 2.14 bits per heavy atom. The van der Waals surface area contributed by atoms with Gasteiger partial charge in [-0.3, -0.25) is 4.98 Å².